The van der Waals surface area contributed by atoms with Gasteiger partial charge in [0.25, 0.3) is 0 Å². The Balaban J connectivity index is 3.87. The van der Waals surface area contributed by atoms with Crippen molar-refractivity contribution in [2.75, 3.05) is 0 Å². The Bertz CT molecular complexity index is 162. The summed E-state index contributed by atoms with van der Waals surface area (Å²) >= 11 is 0. The van der Waals surface area contributed by atoms with Crippen LogP contribution >= 0.6 is 0 Å². The average Bonchev–Trinajstić information content (AvgIpc) is 2.00. The molecule has 0 aromatic rings. The minimum absolute atomic E-state index is 0.307. The molecular formula is C11H20O. The SMILES string of the molecule is CCCC(C)C(O)C#CC(C)C. The fraction of sp³-hybridized carbons (Fsp3) is 0.818. The fourth-order valence-electron chi connectivity index (χ4n) is 1.01. The summed E-state index contributed by atoms with van der Waals surface area (Å²) in [4.78, 5) is 0. The van der Waals surface area contributed by atoms with Gasteiger partial charge < -0.3 is 5.11 Å². The van der Waals surface area contributed by atoms with E-state index in [1.165, 1.54) is 0 Å². The first-order valence-electron chi connectivity index (χ1n) is 4.77. The summed E-state index contributed by atoms with van der Waals surface area (Å²) in [6, 6.07) is 0. The zero-order valence-corrected chi connectivity index (χ0v) is 8.59. The minimum Gasteiger partial charge on any atom is -0.380 e. The molecule has 0 aliphatic heterocycles. The summed E-state index contributed by atoms with van der Waals surface area (Å²) in [5, 5.41) is 9.52. The number of hydrogen-bond acceptors (Lipinski definition) is 1. The standard InChI is InChI=1S/C11H20O/c1-5-6-10(4)11(12)8-7-9(2)3/h9-12H,5-6H2,1-4H3. The Kier molecular flexibility index (Phi) is 5.84. The average molecular weight is 168 g/mol. The molecule has 0 spiro atoms. The Morgan fingerprint density at radius 3 is 2.17 bits per heavy atom. The second-order valence-corrected chi connectivity index (χ2v) is 3.65. The molecule has 0 aliphatic rings. The molecule has 0 amide bonds. The lowest BCUT2D eigenvalue weighted by Gasteiger charge is -2.11. The van der Waals surface area contributed by atoms with Crippen LogP contribution in [0.2, 0.25) is 0 Å². The lowest BCUT2D eigenvalue weighted by atomic mass is 9.99. The Labute approximate surface area is 76.2 Å². The van der Waals surface area contributed by atoms with E-state index in [2.05, 4.69) is 18.8 Å². The van der Waals surface area contributed by atoms with Crippen LogP contribution in [-0.4, -0.2) is 11.2 Å². The molecule has 2 atom stereocenters. The van der Waals surface area contributed by atoms with Crippen molar-refractivity contribution in [1.29, 1.82) is 0 Å². The van der Waals surface area contributed by atoms with E-state index in [0.717, 1.165) is 12.8 Å². The molecule has 1 N–H and O–H groups in total. The van der Waals surface area contributed by atoms with Crippen molar-refractivity contribution in [3.8, 4) is 11.8 Å². The van der Waals surface area contributed by atoms with Gasteiger partial charge in [-0.3, -0.25) is 0 Å². The van der Waals surface area contributed by atoms with Gasteiger partial charge >= 0.3 is 0 Å². The van der Waals surface area contributed by atoms with Gasteiger partial charge in [0.15, 0.2) is 0 Å². The van der Waals surface area contributed by atoms with Crippen molar-refractivity contribution >= 4 is 0 Å². The highest BCUT2D eigenvalue weighted by atomic mass is 16.3. The first-order chi connectivity index (χ1) is 5.57. The molecule has 0 fully saturated rings. The largest absolute Gasteiger partial charge is 0.380 e. The summed E-state index contributed by atoms with van der Waals surface area (Å²) in [5.74, 6) is 6.52. The summed E-state index contributed by atoms with van der Waals surface area (Å²) < 4.78 is 0. The number of hydrogen-bond donors (Lipinski definition) is 1. The van der Waals surface area contributed by atoms with Crippen molar-refractivity contribution in [3.05, 3.63) is 0 Å². The lowest BCUT2D eigenvalue weighted by molar-refractivity contribution is 0.165. The van der Waals surface area contributed by atoms with Crippen molar-refractivity contribution in [2.45, 2.75) is 46.6 Å². The molecule has 0 heterocycles. The third-order valence-electron chi connectivity index (χ3n) is 1.80. The highest BCUT2D eigenvalue weighted by molar-refractivity contribution is 5.07. The van der Waals surface area contributed by atoms with Crippen LogP contribution in [0.1, 0.15) is 40.5 Å². The van der Waals surface area contributed by atoms with Crippen LogP contribution < -0.4 is 0 Å². The molecule has 2 unspecified atom stereocenters. The Morgan fingerprint density at radius 1 is 1.17 bits per heavy atom. The van der Waals surface area contributed by atoms with Crippen LogP contribution in [0.4, 0.5) is 0 Å². The molecule has 0 saturated carbocycles. The molecule has 1 nitrogen and oxygen atoms in total. The maximum Gasteiger partial charge on any atom is 0.117 e. The Morgan fingerprint density at radius 2 is 1.75 bits per heavy atom. The van der Waals surface area contributed by atoms with E-state index in [1.54, 1.807) is 0 Å². The van der Waals surface area contributed by atoms with Crippen molar-refractivity contribution in [2.24, 2.45) is 11.8 Å². The van der Waals surface area contributed by atoms with E-state index in [9.17, 15) is 5.11 Å². The summed E-state index contributed by atoms with van der Waals surface area (Å²) in [6.45, 7) is 8.23. The van der Waals surface area contributed by atoms with Gasteiger partial charge in [-0.15, -0.1) is 0 Å². The predicted octanol–water partition coefficient (Wildman–Crippen LogP) is 2.44. The van der Waals surface area contributed by atoms with E-state index < -0.39 is 6.10 Å². The molecule has 0 radical (unpaired) electrons. The van der Waals surface area contributed by atoms with Gasteiger partial charge in [-0.25, -0.2) is 0 Å². The topological polar surface area (TPSA) is 20.2 Å². The van der Waals surface area contributed by atoms with Crippen LogP contribution in [0.3, 0.4) is 0 Å². The van der Waals surface area contributed by atoms with Gasteiger partial charge in [-0.1, -0.05) is 46.0 Å². The summed E-state index contributed by atoms with van der Waals surface area (Å²) in [6.07, 6.45) is 1.72. The predicted molar refractivity (Wildman–Crippen MR) is 52.7 cm³/mol. The van der Waals surface area contributed by atoms with Gasteiger partial charge in [0.2, 0.25) is 0 Å². The van der Waals surface area contributed by atoms with Gasteiger partial charge in [0.05, 0.1) is 0 Å². The zero-order chi connectivity index (χ0) is 9.56. The molecule has 0 bridgehead atoms. The van der Waals surface area contributed by atoms with E-state index in [0.29, 0.717) is 11.8 Å². The van der Waals surface area contributed by atoms with Gasteiger partial charge in [-0.05, 0) is 12.3 Å². The maximum atomic E-state index is 9.52. The van der Waals surface area contributed by atoms with Crippen molar-refractivity contribution in [1.82, 2.24) is 0 Å². The van der Waals surface area contributed by atoms with Crippen LogP contribution in [0.5, 0.6) is 0 Å². The monoisotopic (exact) mass is 168 g/mol. The van der Waals surface area contributed by atoms with Gasteiger partial charge in [-0.2, -0.15) is 0 Å². The third kappa shape index (κ3) is 5.21. The molecule has 70 valence electrons. The normalized spacial score (nSPS) is 15.2. The highest BCUT2D eigenvalue weighted by Gasteiger charge is 2.09. The molecule has 0 aromatic heterocycles. The van der Waals surface area contributed by atoms with Gasteiger partial charge in [0, 0.05) is 5.92 Å². The number of aliphatic hydroxyl groups is 1. The number of aliphatic hydroxyl groups excluding tert-OH is 1. The van der Waals surface area contributed by atoms with Crippen LogP contribution in [0, 0.1) is 23.7 Å². The molecule has 12 heavy (non-hydrogen) atoms. The van der Waals surface area contributed by atoms with Crippen molar-refractivity contribution < 1.29 is 5.11 Å². The molecule has 0 aliphatic carbocycles. The lowest BCUT2D eigenvalue weighted by Crippen LogP contribution is -2.15. The van der Waals surface area contributed by atoms with Crippen LogP contribution in [0.25, 0.3) is 0 Å². The van der Waals surface area contributed by atoms with Crippen LogP contribution in [-0.2, 0) is 0 Å². The smallest absolute Gasteiger partial charge is 0.117 e. The summed E-state index contributed by atoms with van der Waals surface area (Å²) in [7, 11) is 0. The zero-order valence-electron chi connectivity index (χ0n) is 8.59. The maximum absolute atomic E-state index is 9.52. The van der Waals surface area contributed by atoms with Crippen molar-refractivity contribution in [3.63, 3.8) is 0 Å². The van der Waals surface area contributed by atoms with E-state index in [1.807, 2.05) is 20.8 Å². The second-order valence-electron chi connectivity index (χ2n) is 3.65. The van der Waals surface area contributed by atoms with E-state index in [-0.39, 0.29) is 0 Å². The minimum atomic E-state index is -0.438. The van der Waals surface area contributed by atoms with E-state index in [4.69, 9.17) is 0 Å². The quantitative estimate of drug-likeness (QED) is 0.642. The van der Waals surface area contributed by atoms with E-state index >= 15 is 0 Å². The van der Waals surface area contributed by atoms with Crippen LogP contribution in [0.15, 0.2) is 0 Å². The number of rotatable bonds is 3. The fourth-order valence-corrected chi connectivity index (χ4v) is 1.01. The molecule has 0 aromatic carbocycles. The highest BCUT2D eigenvalue weighted by Crippen LogP contribution is 2.09. The molecular weight excluding hydrogens is 148 g/mol. The van der Waals surface area contributed by atoms with Gasteiger partial charge in [0.1, 0.15) is 6.10 Å². The Hall–Kier alpha value is -0.480. The molecule has 0 rings (SSSR count). The summed E-state index contributed by atoms with van der Waals surface area (Å²) in [5.41, 5.74) is 0. The third-order valence-corrected chi connectivity index (χ3v) is 1.80. The first-order valence-corrected chi connectivity index (χ1v) is 4.77. The first kappa shape index (κ1) is 11.5. The molecule has 1 heteroatoms. The molecule has 0 saturated heterocycles. The second kappa shape index (κ2) is 6.08.